The highest BCUT2D eigenvalue weighted by atomic mass is 32.2. The van der Waals surface area contributed by atoms with Gasteiger partial charge in [0.1, 0.15) is 6.10 Å². The molecule has 0 saturated carbocycles. The highest BCUT2D eigenvalue weighted by Crippen LogP contribution is 2.32. The average Bonchev–Trinajstić information content (AvgIpc) is 3.28. The van der Waals surface area contributed by atoms with Gasteiger partial charge >= 0.3 is 0 Å². The molecule has 178 valence electrons. The molecule has 3 atom stereocenters. The van der Waals surface area contributed by atoms with Crippen molar-refractivity contribution in [1.29, 1.82) is 0 Å². The number of nitrogens with one attached hydrogen (secondary N) is 2. The van der Waals surface area contributed by atoms with E-state index in [1.165, 1.54) is 0 Å². The minimum Gasteiger partial charge on any atom is -0.454 e. The van der Waals surface area contributed by atoms with Crippen LogP contribution >= 0.6 is 0 Å². The summed E-state index contributed by atoms with van der Waals surface area (Å²) in [5, 5.41) is 12.7. The number of aliphatic hydroxyl groups is 1. The van der Waals surface area contributed by atoms with Crippen molar-refractivity contribution < 1.29 is 32.5 Å². The Hall–Kier alpha value is -2.66. The summed E-state index contributed by atoms with van der Waals surface area (Å²) in [6.45, 7) is 0.127. The Morgan fingerprint density at radius 2 is 1.85 bits per heavy atom. The van der Waals surface area contributed by atoms with Crippen molar-refractivity contribution in [2.24, 2.45) is 0 Å². The van der Waals surface area contributed by atoms with E-state index in [1.54, 1.807) is 42.5 Å². The first-order valence-electron chi connectivity index (χ1n) is 10.9. The van der Waals surface area contributed by atoms with Gasteiger partial charge in [-0.25, -0.2) is 13.1 Å². The molecule has 0 spiro atoms. The van der Waals surface area contributed by atoms with Crippen LogP contribution in [0.15, 0.2) is 48.5 Å². The average molecular weight is 477 g/mol. The maximum absolute atomic E-state index is 12.7. The number of benzene rings is 2. The molecule has 10 heteroatoms. The van der Waals surface area contributed by atoms with Gasteiger partial charge in [0.05, 0.1) is 24.5 Å². The van der Waals surface area contributed by atoms with Crippen molar-refractivity contribution in [3.63, 3.8) is 0 Å². The van der Waals surface area contributed by atoms with Crippen LogP contribution < -0.4 is 19.5 Å². The highest BCUT2D eigenvalue weighted by molar-refractivity contribution is 7.88. The van der Waals surface area contributed by atoms with Crippen LogP contribution in [0.4, 0.5) is 0 Å². The van der Waals surface area contributed by atoms with Crippen LogP contribution in [0, 0.1) is 0 Å². The van der Waals surface area contributed by atoms with E-state index in [9.17, 15) is 18.3 Å². The molecular formula is C23H28N2O7S. The standard InChI is InChI=1S/C23H28N2O7S/c26-13-22-19(25-23(27)17-6-9-20-21(12-17)31-15-30-20)8-7-18(32-22)10-11-24-33(28,29)14-16-4-2-1-3-5-16/h1-6,9,12,18-19,22,24,26H,7-8,10-11,13-15H2,(H,25,27)/t18-,19+,22-/m1/s1. The molecular weight excluding hydrogens is 448 g/mol. The maximum Gasteiger partial charge on any atom is 0.251 e. The number of carbonyl (C=O) groups is 1. The third-order valence-corrected chi connectivity index (χ3v) is 7.09. The number of ether oxygens (including phenoxy) is 3. The fourth-order valence-electron chi connectivity index (χ4n) is 4.02. The zero-order valence-corrected chi connectivity index (χ0v) is 18.9. The van der Waals surface area contributed by atoms with E-state index in [1.807, 2.05) is 6.07 Å². The normalized spacial score (nSPS) is 22.2. The summed E-state index contributed by atoms with van der Waals surface area (Å²) < 4.78 is 43.7. The van der Waals surface area contributed by atoms with E-state index in [4.69, 9.17) is 14.2 Å². The second-order valence-corrected chi connectivity index (χ2v) is 9.94. The largest absolute Gasteiger partial charge is 0.454 e. The van der Waals surface area contributed by atoms with Crippen LogP contribution in [0.3, 0.4) is 0 Å². The van der Waals surface area contributed by atoms with Crippen molar-refractivity contribution in [2.45, 2.75) is 43.3 Å². The number of rotatable bonds is 9. The van der Waals surface area contributed by atoms with Gasteiger partial charge in [-0.05, 0) is 43.0 Å². The van der Waals surface area contributed by atoms with E-state index >= 15 is 0 Å². The lowest BCUT2D eigenvalue weighted by molar-refractivity contribution is -0.0891. The lowest BCUT2D eigenvalue weighted by atomic mass is 9.96. The summed E-state index contributed by atoms with van der Waals surface area (Å²) in [7, 11) is -3.45. The summed E-state index contributed by atoms with van der Waals surface area (Å²) in [6, 6.07) is 13.6. The molecule has 2 aliphatic rings. The molecule has 0 aromatic heterocycles. The molecule has 2 aliphatic heterocycles. The Kier molecular flexibility index (Phi) is 7.49. The molecule has 0 bridgehead atoms. The van der Waals surface area contributed by atoms with Crippen molar-refractivity contribution in [1.82, 2.24) is 10.0 Å². The third kappa shape index (κ3) is 6.23. The second-order valence-electron chi connectivity index (χ2n) is 8.13. The Labute approximate surface area is 193 Å². The van der Waals surface area contributed by atoms with Crippen molar-refractivity contribution >= 4 is 15.9 Å². The van der Waals surface area contributed by atoms with Crippen LogP contribution in [0.5, 0.6) is 11.5 Å². The smallest absolute Gasteiger partial charge is 0.251 e. The zero-order valence-electron chi connectivity index (χ0n) is 18.1. The number of hydrogen-bond acceptors (Lipinski definition) is 7. The first kappa shape index (κ1) is 23.5. The van der Waals surface area contributed by atoms with E-state index in [-0.39, 0.29) is 43.8 Å². The quantitative estimate of drug-likeness (QED) is 0.502. The predicted octanol–water partition coefficient (Wildman–Crippen LogP) is 1.56. The van der Waals surface area contributed by atoms with Crippen molar-refractivity contribution in [2.75, 3.05) is 19.9 Å². The van der Waals surface area contributed by atoms with Gasteiger partial charge in [0, 0.05) is 12.1 Å². The molecule has 0 radical (unpaired) electrons. The van der Waals surface area contributed by atoms with Crippen LogP contribution in [0.2, 0.25) is 0 Å². The molecule has 1 amide bonds. The molecule has 9 nitrogen and oxygen atoms in total. The lowest BCUT2D eigenvalue weighted by Crippen LogP contribution is -2.51. The zero-order chi connectivity index (χ0) is 23.3. The van der Waals surface area contributed by atoms with Gasteiger partial charge in [0.25, 0.3) is 5.91 Å². The van der Waals surface area contributed by atoms with Gasteiger partial charge in [-0.1, -0.05) is 30.3 Å². The number of amides is 1. The van der Waals surface area contributed by atoms with Crippen LogP contribution in [-0.2, 0) is 20.5 Å². The summed E-state index contributed by atoms with van der Waals surface area (Å²) >= 11 is 0. The monoisotopic (exact) mass is 476 g/mol. The summed E-state index contributed by atoms with van der Waals surface area (Å²) in [6.07, 6.45) is 0.960. The Balaban J connectivity index is 1.25. The Morgan fingerprint density at radius 1 is 1.06 bits per heavy atom. The van der Waals surface area contributed by atoms with E-state index in [0.717, 1.165) is 5.56 Å². The summed E-state index contributed by atoms with van der Waals surface area (Å²) in [4.78, 5) is 12.7. The number of carbonyl (C=O) groups excluding carboxylic acids is 1. The minimum absolute atomic E-state index is 0.0768. The van der Waals surface area contributed by atoms with Crippen molar-refractivity contribution in [3.05, 3.63) is 59.7 Å². The fraction of sp³-hybridized carbons (Fsp3) is 0.435. The second kappa shape index (κ2) is 10.5. The van der Waals surface area contributed by atoms with Crippen LogP contribution in [0.1, 0.15) is 35.2 Å². The van der Waals surface area contributed by atoms with Gasteiger partial charge in [-0.3, -0.25) is 4.79 Å². The molecule has 1 fully saturated rings. The molecule has 2 heterocycles. The predicted molar refractivity (Wildman–Crippen MR) is 120 cm³/mol. The summed E-state index contributed by atoms with van der Waals surface area (Å²) in [5.41, 5.74) is 1.16. The molecule has 4 rings (SSSR count). The molecule has 2 aromatic rings. The van der Waals surface area contributed by atoms with Gasteiger partial charge in [0.15, 0.2) is 11.5 Å². The SMILES string of the molecule is O=C(N[C@H]1CC[C@H](CCNS(=O)(=O)Cc2ccccc2)O[C@@H]1CO)c1ccc2c(c1)OCO2. The third-order valence-electron chi connectivity index (χ3n) is 5.73. The van der Waals surface area contributed by atoms with Gasteiger partial charge in [-0.2, -0.15) is 0 Å². The van der Waals surface area contributed by atoms with Crippen molar-refractivity contribution in [3.8, 4) is 11.5 Å². The minimum atomic E-state index is -3.45. The first-order chi connectivity index (χ1) is 15.9. The molecule has 3 N–H and O–H groups in total. The molecule has 1 saturated heterocycles. The van der Waals surface area contributed by atoms with Crippen LogP contribution in [0.25, 0.3) is 0 Å². The molecule has 0 aliphatic carbocycles. The fourth-order valence-corrected chi connectivity index (χ4v) is 5.18. The van der Waals surface area contributed by atoms with E-state index in [2.05, 4.69) is 10.0 Å². The van der Waals surface area contributed by atoms with E-state index < -0.39 is 16.1 Å². The Bertz CT molecular complexity index is 1060. The van der Waals surface area contributed by atoms with E-state index in [0.29, 0.717) is 36.3 Å². The number of sulfonamides is 1. The number of aliphatic hydroxyl groups excluding tert-OH is 1. The van der Waals surface area contributed by atoms with Gasteiger partial charge in [-0.15, -0.1) is 0 Å². The topological polar surface area (TPSA) is 123 Å². The first-order valence-corrected chi connectivity index (χ1v) is 12.6. The number of fused-ring (bicyclic) bond motifs is 1. The lowest BCUT2D eigenvalue weighted by Gasteiger charge is -2.36. The van der Waals surface area contributed by atoms with Crippen LogP contribution in [-0.4, -0.2) is 57.6 Å². The maximum atomic E-state index is 12.7. The highest BCUT2D eigenvalue weighted by Gasteiger charge is 2.32. The molecule has 0 unspecified atom stereocenters. The molecule has 2 aromatic carbocycles. The number of hydrogen-bond donors (Lipinski definition) is 3. The molecule has 33 heavy (non-hydrogen) atoms. The van der Waals surface area contributed by atoms with Gasteiger partial charge < -0.3 is 24.6 Å². The van der Waals surface area contributed by atoms with Gasteiger partial charge in [0.2, 0.25) is 16.8 Å². The Morgan fingerprint density at radius 3 is 2.64 bits per heavy atom. The summed E-state index contributed by atoms with van der Waals surface area (Å²) in [5.74, 6) is 0.763.